The maximum absolute atomic E-state index is 12.4. The highest BCUT2D eigenvalue weighted by Gasteiger charge is 2.19. The van der Waals surface area contributed by atoms with E-state index in [0.717, 1.165) is 0 Å². The summed E-state index contributed by atoms with van der Waals surface area (Å²) in [6.07, 6.45) is 0. The summed E-state index contributed by atoms with van der Waals surface area (Å²) in [6, 6.07) is 5.18. The number of hydrogen-bond acceptors (Lipinski definition) is 4. The normalized spacial score (nSPS) is 11.8. The van der Waals surface area contributed by atoms with Crippen molar-refractivity contribution in [1.82, 2.24) is 5.32 Å². The summed E-state index contributed by atoms with van der Waals surface area (Å²) in [6.45, 7) is 3.01. The Kier molecular flexibility index (Phi) is 7.15. The molecule has 0 radical (unpaired) electrons. The quantitative estimate of drug-likeness (QED) is 0.724. The molecule has 0 saturated carbocycles. The van der Waals surface area contributed by atoms with E-state index in [1.165, 1.54) is 0 Å². The molecule has 1 aromatic carbocycles. The number of hydrogen-bond donors (Lipinski definition) is 2. The molecule has 0 fully saturated rings. The highest BCUT2D eigenvalue weighted by atomic mass is 19.1. The van der Waals surface area contributed by atoms with E-state index in [0.29, 0.717) is 24.0 Å². The van der Waals surface area contributed by atoms with Crippen LogP contribution in [0.25, 0.3) is 0 Å². The van der Waals surface area contributed by atoms with Crippen LogP contribution >= 0.6 is 0 Å². The molecule has 122 valence electrons. The number of alkyl halides is 1. The summed E-state index contributed by atoms with van der Waals surface area (Å²) < 4.78 is 23.1. The van der Waals surface area contributed by atoms with Gasteiger partial charge in [-0.25, -0.2) is 9.18 Å². The first kappa shape index (κ1) is 17.7. The summed E-state index contributed by atoms with van der Waals surface area (Å²) >= 11 is 0. The van der Waals surface area contributed by atoms with E-state index in [-0.39, 0.29) is 0 Å². The second-order valence-electron chi connectivity index (χ2n) is 5.08. The lowest BCUT2D eigenvalue weighted by molar-refractivity contribution is -0.142. The fraction of sp³-hybridized carbons (Fsp3) is 0.467. The number of nitrogens with one attached hydrogen (secondary N) is 1. The summed E-state index contributed by atoms with van der Waals surface area (Å²) in [4.78, 5) is 22.1. The number of carboxylic acid groups (broad SMARTS) is 1. The third-order valence-electron chi connectivity index (χ3n) is 2.55. The van der Waals surface area contributed by atoms with Crippen molar-refractivity contribution < 1.29 is 28.6 Å². The Morgan fingerprint density at radius 2 is 1.91 bits per heavy atom. The summed E-state index contributed by atoms with van der Waals surface area (Å²) in [5.41, 5.74) is 0. The van der Waals surface area contributed by atoms with Crippen molar-refractivity contribution in [2.24, 2.45) is 5.92 Å². The van der Waals surface area contributed by atoms with Crippen molar-refractivity contribution in [2.75, 3.05) is 19.9 Å². The average Bonchev–Trinajstić information content (AvgIpc) is 2.48. The van der Waals surface area contributed by atoms with Crippen molar-refractivity contribution in [1.29, 1.82) is 0 Å². The van der Waals surface area contributed by atoms with Crippen LogP contribution in [-0.4, -0.2) is 42.9 Å². The third-order valence-corrected chi connectivity index (χ3v) is 2.55. The first-order chi connectivity index (χ1) is 10.4. The summed E-state index contributed by atoms with van der Waals surface area (Å²) in [5.74, 6) is -0.746. The van der Waals surface area contributed by atoms with Crippen molar-refractivity contribution in [3.05, 3.63) is 24.3 Å². The lowest BCUT2D eigenvalue weighted by Crippen LogP contribution is -2.44. The number of ether oxygens (including phenoxy) is 2. The van der Waals surface area contributed by atoms with Crippen LogP contribution in [0.5, 0.6) is 11.5 Å². The van der Waals surface area contributed by atoms with Gasteiger partial charge in [-0.3, -0.25) is 4.79 Å². The van der Waals surface area contributed by atoms with Crippen molar-refractivity contribution in [3.8, 4) is 11.5 Å². The first-order valence-corrected chi connectivity index (χ1v) is 6.86. The summed E-state index contributed by atoms with van der Waals surface area (Å²) in [5, 5.41) is 10.7. The second-order valence-corrected chi connectivity index (χ2v) is 5.08. The Morgan fingerprint density at radius 1 is 1.27 bits per heavy atom. The monoisotopic (exact) mass is 313 g/mol. The highest BCUT2D eigenvalue weighted by molar-refractivity contribution is 5.84. The highest BCUT2D eigenvalue weighted by Crippen LogP contribution is 2.19. The minimum absolute atomic E-state index is 0.379. The molecule has 0 aliphatic rings. The maximum atomic E-state index is 12.4. The van der Waals surface area contributed by atoms with E-state index in [9.17, 15) is 14.0 Å². The molecule has 0 bridgehead atoms. The molecule has 0 aromatic heterocycles. The van der Waals surface area contributed by atoms with Crippen LogP contribution in [-0.2, 0) is 9.59 Å². The van der Waals surface area contributed by atoms with Gasteiger partial charge in [0.25, 0.3) is 5.91 Å². The van der Waals surface area contributed by atoms with Crippen LogP contribution < -0.4 is 14.8 Å². The topological polar surface area (TPSA) is 84.9 Å². The van der Waals surface area contributed by atoms with E-state index >= 15 is 0 Å². The van der Waals surface area contributed by atoms with E-state index in [1.807, 2.05) is 19.2 Å². The van der Waals surface area contributed by atoms with Crippen LogP contribution in [0.3, 0.4) is 0 Å². The Hall–Kier alpha value is -2.31. The van der Waals surface area contributed by atoms with Crippen LogP contribution in [0.2, 0.25) is 0 Å². The van der Waals surface area contributed by atoms with Gasteiger partial charge in [0.05, 0.1) is 6.61 Å². The lowest BCUT2D eigenvalue weighted by Gasteiger charge is -2.12. The van der Waals surface area contributed by atoms with Crippen LogP contribution in [0, 0.1) is 5.92 Å². The van der Waals surface area contributed by atoms with Gasteiger partial charge in [0, 0.05) is 6.07 Å². The fourth-order valence-corrected chi connectivity index (χ4v) is 1.47. The number of rotatable bonds is 9. The molecular weight excluding hydrogens is 293 g/mol. The van der Waals surface area contributed by atoms with Gasteiger partial charge < -0.3 is 19.9 Å². The molecule has 7 heteroatoms. The van der Waals surface area contributed by atoms with E-state index in [2.05, 4.69) is 0 Å². The molecule has 0 aliphatic carbocycles. The molecule has 1 rings (SSSR count). The van der Waals surface area contributed by atoms with Gasteiger partial charge in [0.1, 0.15) is 18.2 Å². The predicted octanol–water partition coefficient (Wildman–Crippen LogP) is 1.64. The minimum atomic E-state index is -1.56. The van der Waals surface area contributed by atoms with Gasteiger partial charge in [-0.2, -0.15) is 0 Å². The van der Waals surface area contributed by atoms with Gasteiger partial charge in [-0.05, 0) is 18.1 Å². The molecule has 1 aromatic rings. The van der Waals surface area contributed by atoms with Gasteiger partial charge >= 0.3 is 5.97 Å². The molecule has 0 saturated heterocycles. The lowest BCUT2D eigenvalue weighted by atomic mass is 10.2. The molecule has 0 aliphatic heterocycles. The molecule has 2 N–H and O–H groups in total. The number of benzene rings is 1. The number of halogens is 1. The standard InChI is InChI=1S/C15H20FNO5/c1-10(2)8-21-11-4-3-5-12(6-11)22-9-14(18)17-13(7-16)15(19)20/h3-6,10,13H,7-9H2,1-2H3,(H,17,18)(H,19,20). The fourth-order valence-electron chi connectivity index (χ4n) is 1.47. The van der Waals surface area contributed by atoms with Gasteiger partial charge in [-0.1, -0.05) is 19.9 Å². The number of carbonyl (C=O) groups is 2. The molecule has 1 amide bonds. The van der Waals surface area contributed by atoms with E-state index in [4.69, 9.17) is 14.6 Å². The smallest absolute Gasteiger partial charge is 0.328 e. The largest absolute Gasteiger partial charge is 0.493 e. The van der Waals surface area contributed by atoms with Gasteiger partial charge in [0.2, 0.25) is 0 Å². The third kappa shape index (κ3) is 6.43. The van der Waals surface area contributed by atoms with Crippen molar-refractivity contribution in [2.45, 2.75) is 19.9 Å². The zero-order valence-corrected chi connectivity index (χ0v) is 12.5. The summed E-state index contributed by atoms with van der Waals surface area (Å²) in [7, 11) is 0. The molecule has 6 nitrogen and oxygen atoms in total. The Morgan fingerprint density at radius 3 is 2.45 bits per heavy atom. The zero-order valence-electron chi connectivity index (χ0n) is 12.5. The number of carboxylic acids is 1. The Balaban J connectivity index is 2.48. The Bertz CT molecular complexity index is 506. The SMILES string of the molecule is CC(C)COc1cccc(OCC(=O)NC(CF)C(=O)O)c1. The van der Waals surface area contributed by atoms with Gasteiger partial charge in [-0.15, -0.1) is 0 Å². The first-order valence-electron chi connectivity index (χ1n) is 6.86. The maximum Gasteiger partial charge on any atom is 0.328 e. The van der Waals surface area contributed by atoms with E-state index < -0.39 is 31.2 Å². The van der Waals surface area contributed by atoms with E-state index in [1.54, 1.807) is 24.3 Å². The molecule has 22 heavy (non-hydrogen) atoms. The number of amides is 1. The predicted molar refractivity (Wildman–Crippen MR) is 77.8 cm³/mol. The Labute approximate surface area is 128 Å². The minimum Gasteiger partial charge on any atom is -0.493 e. The molecule has 1 unspecified atom stereocenters. The molecule has 1 atom stereocenters. The van der Waals surface area contributed by atoms with Crippen LogP contribution in [0.15, 0.2) is 24.3 Å². The number of aliphatic carboxylic acids is 1. The van der Waals surface area contributed by atoms with Gasteiger partial charge in [0.15, 0.2) is 12.6 Å². The van der Waals surface area contributed by atoms with Crippen LogP contribution in [0.1, 0.15) is 13.8 Å². The van der Waals surface area contributed by atoms with Crippen molar-refractivity contribution in [3.63, 3.8) is 0 Å². The number of carbonyl (C=O) groups excluding carboxylic acids is 1. The zero-order chi connectivity index (χ0) is 16.5. The van der Waals surface area contributed by atoms with Crippen molar-refractivity contribution >= 4 is 11.9 Å². The molecular formula is C15H20FNO5. The molecule has 0 heterocycles. The second kappa shape index (κ2) is 8.86. The average molecular weight is 313 g/mol. The molecule has 0 spiro atoms. The van der Waals surface area contributed by atoms with Crippen LogP contribution in [0.4, 0.5) is 4.39 Å².